The quantitative estimate of drug-likeness (QED) is 0.810. The number of hydrogen-bond donors (Lipinski definition) is 1. The van der Waals surface area contributed by atoms with Crippen molar-refractivity contribution in [1.29, 1.82) is 0 Å². The number of methoxy groups -OCH3 is 1. The molecule has 0 saturated heterocycles. The van der Waals surface area contributed by atoms with Crippen molar-refractivity contribution in [2.75, 3.05) is 7.11 Å². The van der Waals surface area contributed by atoms with Crippen LogP contribution in [-0.2, 0) is 5.54 Å². The Morgan fingerprint density at radius 2 is 2.27 bits per heavy atom. The molecule has 4 nitrogen and oxygen atoms in total. The van der Waals surface area contributed by atoms with Crippen molar-refractivity contribution in [3.05, 3.63) is 24.0 Å². The number of nitrogens with two attached hydrogens (primary N) is 1. The second-order valence-corrected chi connectivity index (χ2v) is 4.05. The molecule has 3 rings (SSSR count). The average molecular weight is 204 g/mol. The molecular weight excluding hydrogens is 192 g/mol. The highest BCUT2D eigenvalue weighted by molar-refractivity contribution is 5.83. The zero-order valence-electron chi connectivity index (χ0n) is 8.49. The smallest absolute Gasteiger partial charge is 0.164 e. The lowest BCUT2D eigenvalue weighted by atomic mass is 10.1. The number of fused-ring (bicyclic) bond motifs is 1. The van der Waals surface area contributed by atoms with Crippen LogP contribution in [0.3, 0.4) is 0 Å². The SMILES string of the molecule is COc1ccc2c(C3(N)CC3)onc2c1. The van der Waals surface area contributed by atoms with Gasteiger partial charge in [-0.25, -0.2) is 0 Å². The van der Waals surface area contributed by atoms with Crippen LogP contribution in [0.4, 0.5) is 0 Å². The Hall–Kier alpha value is -1.55. The summed E-state index contributed by atoms with van der Waals surface area (Å²) in [6, 6.07) is 5.70. The van der Waals surface area contributed by atoms with E-state index in [2.05, 4.69) is 5.16 Å². The number of benzene rings is 1. The van der Waals surface area contributed by atoms with Gasteiger partial charge in [0.25, 0.3) is 0 Å². The van der Waals surface area contributed by atoms with Crippen molar-refractivity contribution < 1.29 is 9.26 Å². The molecule has 1 heterocycles. The molecule has 0 amide bonds. The Labute approximate surface area is 87.0 Å². The van der Waals surface area contributed by atoms with Gasteiger partial charge in [-0.15, -0.1) is 0 Å². The zero-order chi connectivity index (χ0) is 10.5. The predicted octanol–water partition coefficient (Wildman–Crippen LogP) is 1.78. The Balaban J connectivity index is 2.18. The van der Waals surface area contributed by atoms with E-state index in [-0.39, 0.29) is 5.54 Å². The Morgan fingerprint density at radius 1 is 1.47 bits per heavy atom. The van der Waals surface area contributed by atoms with E-state index in [9.17, 15) is 0 Å². The summed E-state index contributed by atoms with van der Waals surface area (Å²) in [5, 5.41) is 4.99. The molecule has 1 aromatic heterocycles. The minimum absolute atomic E-state index is 0.274. The third-order valence-electron chi connectivity index (χ3n) is 2.93. The van der Waals surface area contributed by atoms with Crippen LogP contribution in [0.5, 0.6) is 5.75 Å². The van der Waals surface area contributed by atoms with E-state index in [4.69, 9.17) is 15.0 Å². The molecule has 0 spiro atoms. The van der Waals surface area contributed by atoms with Crippen LogP contribution < -0.4 is 10.5 Å². The van der Waals surface area contributed by atoms with Crippen molar-refractivity contribution in [2.45, 2.75) is 18.4 Å². The molecule has 0 aliphatic heterocycles. The maximum absolute atomic E-state index is 6.08. The van der Waals surface area contributed by atoms with Gasteiger partial charge in [0, 0.05) is 11.5 Å². The van der Waals surface area contributed by atoms with Crippen LogP contribution in [0.2, 0.25) is 0 Å². The lowest BCUT2D eigenvalue weighted by molar-refractivity contribution is 0.362. The summed E-state index contributed by atoms with van der Waals surface area (Å²) < 4.78 is 10.4. The first kappa shape index (κ1) is 8.73. The van der Waals surface area contributed by atoms with E-state index in [1.165, 1.54) is 0 Å². The molecule has 15 heavy (non-hydrogen) atoms. The molecule has 0 unspecified atom stereocenters. The first-order chi connectivity index (χ1) is 7.23. The highest BCUT2D eigenvalue weighted by Crippen LogP contribution is 2.45. The van der Waals surface area contributed by atoms with E-state index in [0.717, 1.165) is 35.3 Å². The van der Waals surface area contributed by atoms with Gasteiger partial charge in [0.1, 0.15) is 11.3 Å². The number of nitrogens with zero attached hydrogens (tertiary/aromatic N) is 1. The third kappa shape index (κ3) is 1.22. The molecule has 0 atom stereocenters. The molecule has 0 bridgehead atoms. The monoisotopic (exact) mass is 204 g/mol. The van der Waals surface area contributed by atoms with Crippen LogP contribution >= 0.6 is 0 Å². The molecule has 1 fully saturated rings. The summed E-state index contributed by atoms with van der Waals surface area (Å²) >= 11 is 0. The highest BCUT2D eigenvalue weighted by atomic mass is 16.5. The largest absolute Gasteiger partial charge is 0.497 e. The van der Waals surface area contributed by atoms with Gasteiger partial charge < -0.3 is 15.0 Å². The van der Waals surface area contributed by atoms with Crippen LogP contribution in [0.1, 0.15) is 18.6 Å². The van der Waals surface area contributed by atoms with Gasteiger partial charge in [-0.3, -0.25) is 0 Å². The van der Waals surface area contributed by atoms with Gasteiger partial charge in [0.05, 0.1) is 12.6 Å². The summed E-state index contributed by atoms with van der Waals surface area (Å²) in [5.74, 6) is 1.59. The molecule has 1 aliphatic rings. The van der Waals surface area contributed by atoms with Crippen LogP contribution in [0.15, 0.2) is 22.7 Å². The number of aromatic nitrogens is 1. The van der Waals surface area contributed by atoms with E-state index < -0.39 is 0 Å². The molecule has 2 aromatic rings. The van der Waals surface area contributed by atoms with Gasteiger partial charge in [0.15, 0.2) is 5.76 Å². The van der Waals surface area contributed by atoms with E-state index >= 15 is 0 Å². The average Bonchev–Trinajstić information content (AvgIpc) is 2.86. The summed E-state index contributed by atoms with van der Waals surface area (Å²) in [5.41, 5.74) is 6.62. The van der Waals surface area contributed by atoms with E-state index in [0.29, 0.717) is 0 Å². The Bertz CT molecular complexity index is 514. The minimum Gasteiger partial charge on any atom is -0.497 e. The number of hydrogen-bond acceptors (Lipinski definition) is 4. The first-order valence-electron chi connectivity index (χ1n) is 4.96. The minimum atomic E-state index is -0.274. The molecular formula is C11H12N2O2. The Kier molecular flexibility index (Phi) is 1.59. The molecule has 4 heteroatoms. The maximum Gasteiger partial charge on any atom is 0.164 e. The highest BCUT2D eigenvalue weighted by Gasteiger charge is 2.45. The predicted molar refractivity (Wildman–Crippen MR) is 55.7 cm³/mol. The fourth-order valence-electron chi connectivity index (χ4n) is 1.77. The second-order valence-electron chi connectivity index (χ2n) is 4.05. The standard InChI is InChI=1S/C11H12N2O2/c1-14-7-2-3-8-9(6-7)13-15-10(8)11(12)4-5-11/h2-3,6H,4-5,12H2,1H3. The topological polar surface area (TPSA) is 61.3 Å². The van der Waals surface area contributed by atoms with Crippen molar-refractivity contribution in [1.82, 2.24) is 5.16 Å². The van der Waals surface area contributed by atoms with Crippen LogP contribution in [-0.4, -0.2) is 12.3 Å². The van der Waals surface area contributed by atoms with Gasteiger partial charge >= 0.3 is 0 Å². The molecule has 78 valence electrons. The van der Waals surface area contributed by atoms with Crippen molar-refractivity contribution >= 4 is 10.9 Å². The van der Waals surface area contributed by atoms with Gasteiger partial charge in [-0.2, -0.15) is 0 Å². The van der Waals surface area contributed by atoms with Crippen LogP contribution in [0, 0.1) is 0 Å². The van der Waals surface area contributed by atoms with Crippen molar-refractivity contribution in [3.63, 3.8) is 0 Å². The molecule has 2 N–H and O–H groups in total. The van der Waals surface area contributed by atoms with Crippen molar-refractivity contribution in [2.24, 2.45) is 5.73 Å². The van der Waals surface area contributed by atoms with Gasteiger partial charge in [0.2, 0.25) is 0 Å². The summed E-state index contributed by atoms with van der Waals surface area (Å²) in [7, 11) is 1.63. The summed E-state index contributed by atoms with van der Waals surface area (Å²) in [6.45, 7) is 0. The normalized spacial score (nSPS) is 18.0. The fraction of sp³-hybridized carbons (Fsp3) is 0.364. The molecule has 0 radical (unpaired) electrons. The molecule has 1 saturated carbocycles. The summed E-state index contributed by atoms with van der Waals surface area (Å²) in [6.07, 6.45) is 1.95. The second kappa shape index (κ2) is 2.73. The van der Waals surface area contributed by atoms with E-state index in [1.807, 2.05) is 18.2 Å². The maximum atomic E-state index is 6.08. The Morgan fingerprint density at radius 3 is 2.93 bits per heavy atom. The van der Waals surface area contributed by atoms with Gasteiger partial charge in [-0.05, 0) is 25.0 Å². The van der Waals surface area contributed by atoms with Crippen molar-refractivity contribution in [3.8, 4) is 5.75 Å². The first-order valence-corrected chi connectivity index (χ1v) is 4.96. The summed E-state index contributed by atoms with van der Waals surface area (Å²) in [4.78, 5) is 0. The number of ether oxygens (including phenoxy) is 1. The zero-order valence-corrected chi connectivity index (χ0v) is 8.49. The lowest BCUT2D eigenvalue weighted by Crippen LogP contribution is -2.17. The lowest BCUT2D eigenvalue weighted by Gasteiger charge is -2.03. The van der Waals surface area contributed by atoms with Crippen LogP contribution in [0.25, 0.3) is 10.9 Å². The van der Waals surface area contributed by atoms with E-state index in [1.54, 1.807) is 7.11 Å². The molecule has 1 aromatic carbocycles. The third-order valence-corrected chi connectivity index (χ3v) is 2.93. The van der Waals surface area contributed by atoms with Gasteiger partial charge in [-0.1, -0.05) is 5.16 Å². The number of rotatable bonds is 2. The fourth-order valence-corrected chi connectivity index (χ4v) is 1.77. The molecule has 1 aliphatic carbocycles.